The minimum Gasteiger partial charge on any atom is -0.378 e. The fourth-order valence-corrected chi connectivity index (χ4v) is 2.52. The number of halogens is 2. The average molecular weight is 303 g/mol. The fraction of sp³-hybridized carbons (Fsp3) is 0.462. The van der Waals surface area contributed by atoms with E-state index in [0.717, 1.165) is 5.56 Å². The van der Waals surface area contributed by atoms with Gasteiger partial charge in [-0.2, -0.15) is 0 Å². The Labute approximate surface area is 122 Å². The van der Waals surface area contributed by atoms with Gasteiger partial charge >= 0.3 is 0 Å². The number of morpholine rings is 1. The van der Waals surface area contributed by atoms with Crippen LogP contribution in [0.25, 0.3) is 0 Å². The van der Waals surface area contributed by atoms with Gasteiger partial charge in [0, 0.05) is 23.1 Å². The molecule has 0 aromatic heterocycles. The van der Waals surface area contributed by atoms with Crippen molar-refractivity contribution in [1.29, 1.82) is 0 Å². The van der Waals surface area contributed by atoms with Crippen LogP contribution in [0.1, 0.15) is 5.56 Å². The van der Waals surface area contributed by atoms with E-state index in [1.807, 2.05) is 0 Å². The highest BCUT2D eigenvalue weighted by atomic mass is 35.5. The number of hydrogen-bond acceptors (Lipinski definition) is 3. The highest BCUT2D eigenvalue weighted by Gasteiger charge is 2.23. The monoisotopic (exact) mass is 302 g/mol. The Morgan fingerprint density at radius 3 is 2.68 bits per heavy atom. The highest BCUT2D eigenvalue weighted by molar-refractivity contribution is 6.35. The average Bonchev–Trinajstić information content (AvgIpc) is 2.42. The van der Waals surface area contributed by atoms with Crippen molar-refractivity contribution in [2.24, 2.45) is 5.73 Å². The van der Waals surface area contributed by atoms with E-state index in [9.17, 15) is 4.79 Å². The number of rotatable bonds is 3. The van der Waals surface area contributed by atoms with Crippen molar-refractivity contribution in [3.63, 3.8) is 0 Å². The van der Waals surface area contributed by atoms with E-state index < -0.39 is 6.04 Å². The van der Waals surface area contributed by atoms with Gasteiger partial charge in [0.1, 0.15) is 0 Å². The Kier molecular flexibility index (Phi) is 5.05. The maximum Gasteiger partial charge on any atom is 0.239 e. The van der Waals surface area contributed by atoms with Crippen molar-refractivity contribution >= 4 is 29.1 Å². The number of nitrogens with two attached hydrogens (primary N) is 1. The Morgan fingerprint density at radius 1 is 1.37 bits per heavy atom. The van der Waals surface area contributed by atoms with Gasteiger partial charge in [0.15, 0.2) is 0 Å². The molecule has 1 atom stereocenters. The van der Waals surface area contributed by atoms with Crippen LogP contribution in [0.4, 0.5) is 0 Å². The minimum atomic E-state index is -0.586. The Morgan fingerprint density at radius 2 is 2.05 bits per heavy atom. The lowest BCUT2D eigenvalue weighted by Crippen LogP contribution is -2.49. The molecule has 1 amide bonds. The number of benzene rings is 1. The van der Waals surface area contributed by atoms with Gasteiger partial charge < -0.3 is 15.4 Å². The molecule has 0 spiro atoms. The number of nitrogens with zero attached hydrogens (tertiary/aromatic N) is 1. The summed E-state index contributed by atoms with van der Waals surface area (Å²) >= 11 is 11.9. The molecule has 1 unspecified atom stereocenters. The predicted octanol–water partition coefficient (Wildman–Crippen LogP) is 1.72. The maximum absolute atomic E-state index is 12.2. The second kappa shape index (κ2) is 6.57. The first-order chi connectivity index (χ1) is 9.08. The number of carbonyl (C=O) groups is 1. The standard InChI is InChI=1S/C13H16Cl2N2O2/c14-10-2-1-9(11(15)8-10)7-12(16)13(18)17-3-5-19-6-4-17/h1-2,8,12H,3-7,16H2. The molecule has 1 fully saturated rings. The number of ether oxygens (including phenoxy) is 1. The number of hydrogen-bond donors (Lipinski definition) is 1. The van der Waals surface area contributed by atoms with Crippen molar-refractivity contribution < 1.29 is 9.53 Å². The summed E-state index contributed by atoms with van der Waals surface area (Å²) in [5.74, 6) is -0.0608. The SMILES string of the molecule is NC(Cc1ccc(Cl)cc1Cl)C(=O)N1CCOCC1. The van der Waals surface area contributed by atoms with Gasteiger partial charge in [-0.3, -0.25) is 4.79 Å². The number of carbonyl (C=O) groups excluding carboxylic acids is 1. The molecule has 4 nitrogen and oxygen atoms in total. The van der Waals surface area contributed by atoms with E-state index in [4.69, 9.17) is 33.7 Å². The van der Waals surface area contributed by atoms with Crippen LogP contribution < -0.4 is 5.73 Å². The predicted molar refractivity (Wildman–Crippen MR) is 75.5 cm³/mol. The van der Waals surface area contributed by atoms with Crippen LogP contribution in [0, 0.1) is 0 Å². The number of amides is 1. The molecule has 19 heavy (non-hydrogen) atoms. The van der Waals surface area contributed by atoms with Crippen molar-refractivity contribution in [2.45, 2.75) is 12.5 Å². The Balaban J connectivity index is 1.99. The molecule has 2 N–H and O–H groups in total. The second-order valence-electron chi connectivity index (χ2n) is 4.48. The summed E-state index contributed by atoms with van der Waals surface area (Å²) in [5.41, 5.74) is 6.80. The largest absolute Gasteiger partial charge is 0.378 e. The summed E-state index contributed by atoms with van der Waals surface area (Å²) in [7, 11) is 0. The quantitative estimate of drug-likeness (QED) is 0.925. The van der Waals surface area contributed by atoms with Crippen LogP contribution in [0.2, 0.25) is 10.0 Å². The van der Waals surface area contributed by atoms with Gasteiger partial charge in [0.25, 0.3) is 0 Å². The highest BCUT2D eigenvalue weighted by Crippen LogP contribution is 2.22. The first kappa shape index (κ1) is 14.6. The molecule has 1 saturated heterocycles. The summed E-state index contributed by atoms with van der Waals surface area (Å²) in [6.07, 6.45) is 0.409. The lowest BCUT2D eigenvalue weighted by Gasteiger charge is -2.29. The normalized spacial score (nSPS) is 17.3. The molecular formula is C13H16Cl2N2O2. The molecule has 0 bridgehead atoms. The third kappa shape index (κ3) is 3.83. The van der Waals surface area contributed by atoms with Gasteiger partial charge in [-0.15, -0.1) is 0 Å². The van der Waals surface area contributed by atoms with E-state index in [1.54, 1.807) is 23.1 Å². The third-order valence-electron chi connectivity index (χ3n) is 3.09. The third-order valence-corrected chi connectivity index (χ3v) is 3.68. The zero-order valence-corrected chi connectivity index (χ0v) is 12.0. The molecule has 1 heterocycles. The Hall–Kier alpha value is -0.810. The zero-order chi connectivity index (χ0) is 13.8. The molecule has 1 aliphatic rings. The molecule has 1 aromatic carbocycles. The Bertz CT molecular complexity index is 462. The fourth-order valence-electron chi connectivity index (χ4n) is 2.03. The van der Waals surface area contributed by atoms with E-state index in [2.05, 4.69) is 0 Å². The lowest BCUT2D eigenvalue weighted by molar-refractivity contribution is -0.136. The van der Waals surface area contributed by atoms with Crippen LogP contribution in [-0.4, -0.2) is 43.2 Å². The van der Waals surface area contributed by atoms with Gasteiger partial charge in [-0.1, -0.05) is 29.3 Å². The summed E-state index contributed by atoms with van der Waals surface area (Å²) in [5, 5.41) is 1.11. The van der Waals surface area contributed by atoms with Crippen LogP contribution >= 0.6 is 23.2 Å². The second-order valence-corrected chi connectivity index (χ2v) is 5.33. The van der Waals surface area contributed by atoms with Crippen LogP contribution in [0.5, 0.6) is 0 Å². The van der Waals surface area contributed by atoms with E-state index in [1.165, 1.54) is 0 Å². The summed E-state index contributed by atoms with van der Waals surface area (Å²) < 4.78 is 5.21. The van der Waals surface area contributed by atoms with Gasteiger partial charge in [-0.05, 0) is 24.1 Å². The van der Waals surface area contributed by atoms with E-state index >= 15 is 0 Å². The van der Waals surface area contributed by atoms with Crippen LogP contribution in [-0.2, 0) is 16.0 Å². The molecule has 2 rings (SSSR count). The smallest absolute Gasteiger partial charge is 0.239 e. The van der Waals surface area contributed by atoms with Crippen molar-refractivity contribution in [2.75, 3.05) is 26.3 Å². The van der Waals surface area contributed by atoms with Gasteiger partial charge in [0.05, 0.1) is 19.3 Å². The van der Waals surface area contributed by atoms with Crippen molar-refractivity contribution in [3.05, 3.63) is 33.8 Å². The van der Waals surface area contributed by atoms with Gasteiger partial charge in [-0.25, -0.2) is 0 Å². The molecule has 104 valence electrons. The lowest BCUT2D eigenvalue weighted by atomic mass is 10.1. The molecule has 0 radical (unpaired) electrons. The summed E-state index contributed by atoms with van der Waals surface area (Å²) in [4.78, 5) is 13.9. The van der Waals surface area contributed by atoms with E-state index in [-0.39, 0.29) is 5.91 Å². The van der Waals surface area contributed by atoms with Crippen molar-refractivity contribution in [3.8, 4) is 0 Å². The molecule has 0 saturated carbocycles. The van der Waals surface area contributed by atoms with Crippen LogP contribution in [0.3, 0.4) is 0 Å². The molecule has 1 aromatic rings. The first-order valence-electron chi connectivity index (χ1n) is 6.14. The van der Waals surface area contributed by atoms with Gasteiger partial charge in [0.2, 0.25) is 5.91 Å². The van der Waals surface area contributed by atoms with Crippen molar-refractivity contribution in [1.82, 2.24) is 4.90 Å². The van der Waals surface area contributed by atoms with E-state index in [0.29, 0.717) is 42.8 Å². The summed E-state index contributed by atoms with van der Waals surface area (Å²) in [6.45, 7) is 2.34. The molecule has 0 aliphatic carbocycles. The minimum absolute atomic E-state index is 0.0608. The summed E-state index contributed by atoms with van der Waals surface area (Å²) in [6, 6.07) is 4.62. The first-order valence-corrected chi connectivity index (χ1v) is 6.89. The molecular weight excluding hydrogens is 287 g/mol. The topological polar surface area (TPSA) is 55.6 Å². The maximum atomic E-state index is 12.2. The zero-order valence-electron chi connectivity index (χ0n) is 10.4. The van der Waals surface area contributed by atoms with Crippen LogP contribution in [0.15, 0.2) is 18.2 Å². The molecule has 6 heteroatoms. The molecule has 1 aliphatic heterocycles.